The van der Waals surface area contributed by atoms with E-state index in [2.05, 4.69) is 0 Å². The van der Waals surface area contributed by atoms with Gasteiger partial charge in [-0.15, -0.1) is 0 Å². The van der Waals surface area contributed by atoms with Crippen LogP contribution in [-0.2, 0) is 0 Å². The van der Waals surface area contributed by atoms with Crippen LogP contribution in [0.5, 0.6) is 0 Å². The van der Waals surface area contributed by atoms with Crippen molar-refractivity contribution in [2.75, 3.05) is 6.54 Å². The predicted molar refractivity (Wildman–Crippen MR) is 36.4 cm³/mol. The molecule has 58 valence electrons. The number of amides is 2. The van der Waals surface area contributed by atoms with Gasteiger partial charge in [-0.1, -0.05) is 0 Å². The highest BCUT2D eigenvalue weighted by molar-refractivity contribution is 5.72. The maximum atomic E-state index is 10.6. The summed E-state index contributed by atoms with van der Waals surface area (Å²) in [6.07, 6.45) is 0.247. The van der Waals surface area contributed by atoms with Crippen LogP contribution >= 0.6 is 0 Å². The molecule has 0 aliphatic carbocycles. The Bertz CT molecular complexity index is 149. The van der Waals surface area contributed by atoms with E-state index in [4.69, 9.17) is 10.8 Å². The Morgan fingerprint density at radius 3 is 2.60 bits per heavy atom. The van der Waals surface area contributed by atoms with Crippen LogP contribution < -0.4 is 5.73 Å². The Morgan fingerprint density at radius 1 is 1.80 bits per heavy atom. The summed E-state index contributed by atoms with van der Waals surface area (Å²) in [5, 5.41) is 9.17. The highest BCUT2D eigenvalue weighted by Gasteiger charge is 2.30. The third-order valence-corrected chi connectivity index (χ3v) is 2.00. The van der Waals surface area contributed by atoms with Crippen LogP contribution in [0.1, 0.15) is 13.3 Å². The zero-order chi connectivity index (χ0) is 7.72. The number of nitrogens with two attached hydrogens (primary N) is 1. The van der Waals surface area contributed by atoms with Gasteiger partial charge in [-0.2, -0.15) is 0 Å². The molecule has 3 N–H and O–H groups in total. The molecule has 0 aromatic heterocycles. The summed E-state index contributed by atoms with van der Waals surface area (Å²) in [5.74, 6) is 0. The Labute approximate surface area is 59.6 Å². The fourth-order valence-corrected chi connectivity index (χ4v) is 1.23. The average Bonchev–Trinajstić information content (AvgIpc) is 2.14. The molecule has 0 radical (unpaired) electrons. The van der Waals surface area contributed by atoms with Crippen LogP contribution in [-0.4, -0.2) is 34.7 Å². The van der Waals surface area contributed by atoms with Crippen molar-refractivity contribution in [2.24, 2.45) is 5.73 Å². The van der Waals surface area contributed by atoms with Crippen molar-refractivity contribution in [1.29, 1.82) is 0 Å². The topological polar surface area (TPSA) is 66.6 Å². The molecule has 0 saturated carbocycles. The highest BCUT2D eigenvalue weighted by Crippen LogP contribution is 2.16. The molecule has 10 heavy (non-hydrogen) atoms. The van der Waals surface area contributed by atoms with Gasteiger partial charge in [0.1, 0.15) is 0 Å². The average molecular weight is 144 g/mol. The second-order valence-electron chi connectivity index (χ2n) is 2.63. The maximum Gasteiger partial charge on any atom is 0.315 e. The number of hydrogen-bond acceptors (Lipinski definition) is 2. The molecule has 0 spiro atoms. The first kappa shape index (κ1) is 7.34. The van der Waals surface area contributed by atoms with E-state index in [9.17, 15) is 4.79 Å². The molecule has 1 saturated heterocycles. The number of nitrogens with zero attached hydrogens (tertiary/aromatic N) is 1. The van der Waals surface area contributed by atoms with E-state index in [-0.39, 0.29) is 6.04 Å². The number of aliphatic hydroxyl groups is 1. The van der Waals surface area contributed by atoms with Crippen LogP contribution in [0.4, 0.5) is 4.79 Å². The lowest BCUT2D eigenvalue weighted by Gasteiger charge is -2.19. The first-order valence-corrected chi connectivity index (χ1v) is 3.37. The van der Waals surface area contributed by atoms with Crippen molar-refractivity contribution in [3.63, 3.8) is 0 Å². The zero-order valence-corrected chi connectivity index (χ0v) is 5.95. The number of carbonyl (C=O) groups excluding carboxylic acids is 1. The Morgan fingerprint density at radius 2 is 2.40 bits per heavy atom. The van der Waals surface area contributed by atoms with Gasteiger partial charge in [-0.25, -0.2) is 4.79 Å². The largest absolute Gasteiger partial charge is 0.391 e. The zero-order valence-electron chi connectivity index (χ0n) is 5.95. The van der Waals surface area contributed by atoms with Crippen molar-refractivity contribution < 1.29 is 9.90 Å². The van der Waals surface area contributed by atoms with Gasteiger partial charge in [0.25, 0.3) is 0 Å². The fourth-order valence-electron chi connectivity index (χ4n) is 1.23. The van der Waals surface area contributed by atoms with E-state index in [0.717, 1.165) is 0 Å². The number of primary amides is 1. The van der Waals surface area contributed by atoms with Crippen molar-refractivity contribution in [2.45, 2.75) is 25.5 Å². The van der Waals surface area contributed by atoms with Gasteiger partial charge >= 0.3 is 6.03 Å². The third kappa shape index (κ3) is 1.07. The molecular weight excluding hydrogens is 132 g/mol. The van der Waals surface area contributed by atoms with Gasteiger partial charge in [0.15, 0.2) is 0 Å². The first-order chi connectivity index (χ1) is 4.63. The van der Waals surface area contributed by atoms with Gasteiger partial charge in [0.05, 0.1) is 12.1 Å². The summed E-state index contributed by atoms with van der Waals surface area (Å²) in [5.41, 5.74) is 5.03. The van der Waals surface area contributed by atoms with Crippen molar-refractivity contribution >= 4 is 6.03 Å². The van der Waals surface area contributed by atoms with Gasteiger partial charge in [0, 0.05) is 6.54 Å². The number of urea groups is 1. The fraction of sp³-hybridized carbons (Fsp3) is 0.833. The predicted octanol–water partition coefficient (Wildman–Crippen LogP) is -0.480. The summed E-state index contributed by atoms with van der Waals surface area (Å²) in [7, 11) is 0. The van der Waals surface area contributed by atoms with Gasteiger partial charge in [0.2, 0.25) is 0 Å². The van der Waals surface area contributed by atoms with E-state index in [0.29, 0.717) is 13.0 Å². The van der Waals surface area contributed by atoms with Crippen LogP contribution in [0.25, 0.3) is 0 Å². The quantitative estimate of drug-likeness (QED) is 0.482. The number of aliphatic hydroxyl groups excluding tert-OH is 1. The van der Waals surface area contributed by atoms with Crippen LogP contribution in [0.2, 0.25) is 0 Å². The molecule has 0 unspecified atom stereocenters. The lowest BCUT2D eigenvalue weighted by molar-refractivity contribution is 0.134. The molecule has 4 nitrogen and oxygen atoms in total. The lowest BCUT2D eigenvalue weighted by Crippen LogP contribution is -2.40. The van der Waals surface area contributed by atoms with Crippen molar-refractivity contribution in [1.82, 2.24) is 4.90 Å². The molecule has 1 rings (SSSR count). The normalized spacial score (nSPS) is 32.8. The molecule has 2 atom stereocenters. The molecule has 1 aliphatic heterocycles. The summed E-state index contributed by atoms with van der Waals surface area (Å²) in [4.78, 5) is 12.1. The molecule has 0 aromatic rings. The highest BCUT2D eigenvalue weighted by atomic mass is 16.3. The van der Waals surface area contributed by atoms with E-state index in [1.54, 1.807) is 6.92 Å². The van der Waals surface area contributed by atoms with E-state index < -0.39 is 12.1 Å². The van der Waals surface area contributed by atoms with Crippen LogP contribution in [0.15, 0.2) is 0 Å². The second kappa shape index (κ2) is 2.46. The van der Waals surface area contributed by atoms with Crippen LogP contribution in [0.3, 0.4) is 0 Å². The monoisotopic (exact) mass is 144 g/mol. The summed E-state index contributed by atoms with van der Waals surface area (Å²) in [6, 6.07) is -0.554. The molecule has 4 heteroatoms. The minimum atomic E-state index is -0.441. The molecule has 1 fully saturated rings. The molecular formula is C6H12N2O2. The van der Waals surface area contributed by atoms with E-state index in [1.807, 2.05) is 0 Å². The number of carbonyl (C=O) groups is 1. The molecule has 0 bridgehead atoms. The van der Waals surface area contributed by atoms with Crippen LogP contribution in [0, 0.1) is 0 Å². The molecule has 1 heterocycles. The minimum absolute atomic E-state index is 0.113. The number of rotatable bonds is 0. The Kier molecular flexibility index (Phi) is 1.80. The molecule has 1 aliphatic rings. The summed E-state index contributed by atoms with van der Waals surface area (Å²) < 4.78 is 0. The smallest absolute Gasteiger partial charge is 0.315 e. The Balaban J connectivity index is 2.57. The van der Waals surface area contributed by atoms with Crippen molar-refractivity contribution in [3.05, 3.63) is 0 Å². The molecule has 2 amide bonds. The summed E-state index contributed by atoms with van der Waals surface area (Å²) >= 11 is 0. The third-order valence-electron chi connectivity index (χ3n) is 2.00. The number of likely N-dealkylation sites (tertiary alicyclic amines) is 1. The Hall–Kier alpha value is -0.770. The minimum Gasteiger partial charge on any atom is -0.391 e. The van der Waals surface area contributed by atoms with E-state index in [1.165, 1.54) is 4.90 Å². The van der Waals surface area contributed by atoms with Gasteiger partial charge in [-0.3, -0.25) is 0 Å². The standard InChI is InChI=1S/C6H12N2O2/c1-4-5(9)2-3-8(4)6(7)10/h4-5,9H,2-3H2,1H3,(H2,7,10)/t4-,5+/m1/s1. The maximum absolute atomic E-state index is 10.6. The second-order valence-corrected chi connectivity index (χ2v) is 2.63. The van der Waals surface area contributed by atoms with Gasteiger partial charge in [-0.05, 0) is 13.3 Å². The SMILES string of the molecule is C[C@@H]1[C@@H](O)CCN1C(N)=O. The van der Waals surface area contributed by atoms with Gasteiger partial charge < -0.3 is 15.7 Å². The number of hydrogen-bond donors (Lipinski definition) is 2. The van der Waals surface area contributed by atoms with Crippen molar-refractivity contribution in [3.8, 4) is 0 Å². The van der Waals surface area contributed by atoms with E-state index >= 15 is 0 Å². The lowest BCUT2D eigenvalue weighted by atomic mass is 10.2. The first-order valence-electron chi connectivity index (χ1n) is 3.37. The summed E-state index contributed by atoms with van der Waals surface area (Å²) in [6.45, 7) is 2.38. The molecule has 0 aromatic carbocycles.